The number of anilines is 1. The molecule has 1 aromatic heterocycles. The standard InChI is InChI=1S/C28H29N3O3/c1-27(2)15-19-14-22(33-5)25-21(16-28(3,4)34-25)23(19)24(31-27)18-7-6-8-20(13-18)30-26(32)17-9-11-29-12-10-17/h6-14H,15-16H2,1-5H3,(H,30,32). The van der Waals surface area contributed by atoms with Crippen LogP contribution in [0, 0.1) is 0 Å². The molecule has 0 fully saturated rings. The molecule has 0 aliphatic carbocycles. The molecule has 0 saturated carbocycles. The van der Waals surface area contributed by atoms with Crippen molar-refractivity contribution in [2.45, 2.75) is 51.7 Å². The monoisotopic (exact) mass is 455 g/mol. The predicted octanol–water partition coefficient (Wildman–Crippen LogP) is 5.23. The SMILES string of the molecule is COc1cc2c(c3c1OC(C)(C)C3)C(c1cccc(NC(=O)c3ccncc3)c1)=NC(C)(C)C2. The molecule has 1 N–H and O–H groups in total. The number of aromatic nitrogens is 1. The third kappa shape index (κ3) is 4.04. The number of hydrogen-bond donors (Lipinski definition) is 1. The highest BCUT2D eigenvalue weighted by Gasteiger charge is 2.39. The van der Waals surface area contributed by atoms with E-state index in [1.807, 2.05) is 24.3 Å². The van der Waals surface area contributed by atoms with Crippen LogP contribution in [0.25, 0.3) is 0 Å². The summed E-state index contributed by atoms with van der Waals surface area (Å²) in [7, 11) is 1.69. The van der Waals surface area contributed by atoms with Crippen LogP contribution >= 0.6 is 0 Å². The molecule has 0 spiro atoms. The number of nitrogens with one attached hydrogen (secondary N) is 1. The first-order valence-corrected chi connectivity index (χ1v) is 11.5. The zero-order valence-corrected chi connectivity index (χ0v) is 20.2. The second-order valence-electron chi connectivity index (χ2n) is 10.2. The number of hydrogen-bond acceptors (Lipinski definition) is 5. The van der Waals surface area contributed by atoms with Crippen LogP contribution in [0.4, 0.5) is 5.69 Å². The Morgan fingerprint density at radius 1 is 1.06 bits per heavy atom. The van der Waals surface area contributed by atoms with E-state index in [4.69, 9.17) is 14.5 Å². The van der Waals surface area contributed by atoms with Gasteiger partial charge in [0.25, 0.3) is 5.91 Å². The van der Waals surface area contributed by atoms with Gasteiger partial charge in [-0.25, -0.2) is 0 Å². The molecular weight excluding hydrogens is 426 g/mol. The van der Waals surface area contributed by atoms with Crippen molar-refractivity contribution in [3.05, 3.63) is 82.7 Å². The quantitative estimate of drug-likeness (QED) is 0.585. The zero-order chi connectivity index (χ0) is 24.1. The van der Waals surface area contributed by atoms with Crippen molar-refractivity contribution in [2.24, 2.45) is 4.99 Å². The first-order chi connectivity index (χ1) is 16.2. The van der Waals surface area contributed by atoms with Gasteiger partial charge in [-0.3, -0.25) is 14.8 Å². The Labute approximate surface area is 200 Å². The maximum Gasteiger partial charge on any atom is 0.255 e. The number of nitrogens with zero attached hydrogens (tertiary/aromatic N) is 2. The van der Waals surface area contributed by atoms with Gasteiger partial charge in [0, 0.05) is 46.8 Å². The highest BCUT2D eigenvalue weighted by molar-refractivity contribution is 6.17. The summed E-state index contributed by atoms with van der Waals surface area (Å²) < 4.78 is 12.0. The number of ether oxygens (including phenoxy) is 2. The Morgan fingerprint density at radius 2 is 1.82 bits per heavy atom. The minimum atomic E-state index is -0.316. The van der Waals surface area contributed by atoms with Crippen LogP contribution in [0.5, 0.6) is 11.5 Å². The Bertz CT molecular complexity index is 1310. The number of pyridine rings is 1. The molecule has 0 saturated heterocycles. The molecule has 0 radical (unpaired) electrons. The summed E-state index contributed by atoms with van der Waals surface area (Å²) in [6.45, 7) is 8.48. The lowest BCUT2D eigenvalue weighted by atomic mass is 9.81. The van der Waals surface area contributed by atoms with Crippen molar-refractivity contribution in [3.63, 3.8) is 0 Å². The van der Waals surface area contributed by atoms with Gasteiger partial charge in [-0.05, 0) is 70.0 Å². The maximum absolute atomic E-state index is 12.7. The average Bonchev–Trinajstić information content (AvgIpc) is 3.12. The van der Waals surface area contributed by atoms with Crippen LogP contribution in [0.3, 0.4) is 0 Å². The summed E-state index contributed by atoms with van der Waals surface area (Å²) in [5.41, 5.74) is 6.04. The van der Waals surface area contributed by atoms with E-state index < -0.39 is 0 Å². The van der Waals surface area contributed by atoms with E-state index in [0.717, 1.165) is 46.7 Å². The molecule has 3 aromatic rings. The zero-order valence-electron chi connectivity index (χ0n) is 20.2. The van der Waals surface area contributed by atoms with E-state index in [2.05, 4.69) is 44.1 Å². The number of benzene rings is 2. The fourth-order valence-corrected chi connectivity index (χ4v) is 4.88. The molecule has 6 heteroatoms. The number of rotatable bonds is 4. The summed E-state index contributed by atoms with van der Waals surface area (Å²) in [4.78, 5) is 21.9. The predicted molar refractivity (Wildman–Crippen MR) is 133 cm³/mol. The Morgan fingerprint density at radius 3 is 2.56 bits per heavy atom. The third-order valence-corrected chi connectivity index (χ3v) is 6.24. The molecule has 3 heterocycles. The first-order valence-electron chi connectivity index (χ1n) is 11.5. The summed E-state index contributed by atoms with van der Waals surface area (Å²) in [5.74, 6) is 1.40. The van der Waals surface area contributed by atoms with Crippen LogP contribution in [0.15, 0.2) is 59.9 Å². The molecule has 0 unspecified atom stereocenters. The summed E-state index contributed by atoms with van der Waals surface area (Å²) >= 11 is 0. The number of amides is 1. The molecule has 174 valence electrons. The molecule has 6 nitrogen and oxygen atoms in total. The van der Waals surface area contributed by atoms with Crippen LogP contribution < -0.4 is 14.8 Å². The number of methoxy groups -OCH3 is 1. The largest absolute Gasteiger partial charge is 0.493 e. The lowest BCUT2D eigenvalue weighted by molar-refractivity contribution is 0.102. The van der Waals surface area contributed by atoms with Gasteiger partial charge >= 0.3 is 0 Å². The minimum absolute atomic E-state index is 0.174. The number of fused-ring (bicyclic) bond motifs is 3. The second kappa shape index (κ2) is 7.97. The second-order valence-corrected chi connectivity index (χ2v) is 10.2. The van der Waals surface area contributed by atoms with Crippen molar-refractivity contribution >= 4 is 17.3 Å². The van der Waals surface area contributed by atoms with Crippen molar-refractivity contribution in [3.8, 4) is 11.5 Å². The molecule has 0 atom stereocenters. The fourth-order valence-electron chi connectivity index (χ4n) is 4.88. The number of aliphatic imine (C=N–C) groups is 1. The van der Waals surface area contributed by atoms with Gasteiger partial charge in [-0.15, -0.1) is 0 Å². The average molecular weight is 456 g/mol. The van der Waals surface area contributed by atoms with Gasteiger partial charge in [0.15, 0.2) is 11.5 Å². The minimum Gasteiger partial charge on any atom is -0.493 e. The molecule has 0 bridgehead atoms. The Balaban J connectivity index is 1.59. The van der Waals surface area contributed by atoms with Crippen LogP contribution in [0.2, 0.25) is 0 Å². The lowest BCUT2D eigenvalue weighted by Gasteiger charge is -2.31. The van der Waals surface area contributed by atoms with E-state index in [0.29, 0.717) is 11.3 Å². The Kier molecular flexibility index (Phi) is 5.19. The van der Waals surface area contributed by atoms with Crippen molar-refractivity contribution < 1.29 is 14.3 Å². The van der Waals surface area contributed by atoms with E-state index in [9.17, 15) is 4.79 Å². The summed E-state index contributed by atoms with van der Waals surface area (Å²) in [5, 5.41) is 3.00. The van der Waals surface area contributed by atoms with E-state index in [1.165, 1.54) is 5.56 Å². The summed E-state index contributed by atoms with van der Waals surface area (Å²) in [6.07, 6.45) is 4.81. The molecule has 5 rings (SSSR count). The van der Waals surface area contributed by atoms with Gasteiger partial charge in [-0.1, -0.05) is 12.1 Å². The maximum atomic E-state index is 12.7. The van der Waals surface area contributed by atoms with Crippen molar-refractivity contribution in [1.82, 2.24) is 4.98 Å². The van der Waals surface area contributed by atoms with Crippen molar-refractivity contribution in [2.75, 3.05) is 12.4 Å². The Hall–Kier alpha value is -3.67. The van der Waals surface area contributed by atoms with Gasteiger partial charge < -0.3 is 14.8 Å². The van der Waals surface area contributed by atoms with Crippen LogP contribution in [0.1, 0.15) is 60.3 Å². The number of carbonyl (C=O) groups is 1. The highest BCUT2D eigenvalue weighted by Crippen LogP contribution is 2.47. The van der Waals surface area contributed by atoms with Crippen LogP contribution in [-0.2, 0) is 12.8 Å². The van der Waals surface area contributed by atoms with Gasteiger partial charge in [0.1, 0.15) is 5.60 Å². The fraction of sp³-hybridized carbons (Fsp3) is 0.321. The van der Waals surface area contributed by atoms with Gasteiger partial charge in [-0.2, -0.15) is 0 Å². The number of carbonyl (C=O) groups excluding carboxylic acids is 1. The topological polar surface area (TPSA) is 72.8 Å². The van der Waals surface area contributed by atoms with Gasteiger partial charge in [0.2, 0.25) is 0 Å². The van der Waals surface area contributed by atoms with E-state index >= 15 is 0 Å². The molecule has 2 aliphatic heterocycles. The molecule has 1 amide bonds. The van der Waals surface area contributed by atoms with E-state index in [-0.39, 0.29) is 17.0 Å². The smallest absolute Gasteiger partial charge is 0.255 e. The molecule has 2 aliphatic rings. The highest BCUT2D eigenvalue weighted by atomic mass is 16.5. The molecule has 34 heavy (non-hydrogen) atoms. The van der Waals surface area contributed by atoms with E-state index in [1.54, 1.807) is 31.6 Å². The molecular formula is C28H29N3O3. The first kappa shape index (κ1) is 22.1. The molecule has 2 aromatic carbocycles. The van der Waals surface area contributed by atoms with Crippen LogP contribution in [-0.4, -0.2) is 34.9 Å². The van der Waals surface area contributed by atoms with Crippen molar-refractivity contribution in [1.29, 1.82) is 0 Å². The van der Waals surface area contributed by atoms with Gasteiger partial charge in [0.05, 0.1) is 18.4 Å². The summed E-state index contributed by atoms with van der Waals surface area (Å²) in [6, 6.07) is 13.4. The third-order valence-electron chi connectivity index (χ3n) is 6.24. The normalized spacial score (nSPS) is 17.1. The lowest BCUT2D eigenvalue weighted by Crippen LogP contribution is -2.30.